The Morgan fingerprint density at radius 1 is 1.00 bits per heavy atom. The van der Waals surface area contributed by atoms with Crippen molar-refractivity contribution in [1.29, 1.82) is 0 Å². The number of thioether (sulfide) groups is 1. The predicted molar refractivity (Wildman–Crippen MR) is 175 cm³/mol. The number of fused-ring (bicyclic) bond motifs is 1. The number of amides is 3. The standard InChI is InChI=1S/C22H24N4O9S.C12H23N/c1-10-14(35-22(32)34-10)8-33-21(31)24-4-3-13(7-24)25-5-2-11(17(25)27)6-12-9-36-19-15(23)18(28)26(19)16(12)20(29)30;1-3-7-11(8-4-1)13-12-9-5-2-6-10-12/h6,13,15,19H,2-5,7-9,23H2,1H3,(H,29,30);11-13H,1-10H2/b11-6+;/t13-,15-,19-;/m1./s1. The highest BCUT2D eigenvalue weighted by molar-refractivity contribution is 8.00. The molecule has 4 aliphatic heterocycles. The van der Waals surface area contributed by atoms with Crippen LogP contribution in [0.3, 0.4) is 0 Å². The number of rotatable bonds is 7. The normalized spacial score (nSPS) is 27.3. The predicted octanol–water partition coefficient (Wildman–Crippen LogP) is 0.872. The first-order chi connectivity index (χ1) is 23.6. The molecule has 4 N–H and O–H groups in total. The first kappa shape index (κ1) is 35.3. The van der Waals surface area contributed by atoms with Crippen LogP contribution in [-0.4, -0.2) is 93.5 Å². The SMILES string of the molecule is C1CCC([NH2+]C2CCCCC2)CC1.Cc1oc(=O)oc1COC(=O)N1CC[C@@H](N2CC/C(=C\C3=C(C(=O)[O-])N4C(=O)[C@@H](N)[C@H]4SC3)C2=O)C1. The fraction of sp³-hybridized carbons (Fsp3) is 0.676. The van der Waals surface area contributed by atoms with E-state index in [-0.39, 0.29) is 42.3 Å². The average molecular weight is 702 g/mol. The number of hydrogen-bond acceptors (Lipinski definition) is 11. The smallest absolute Gasteiger partial charge is 0.519 e. The van der Waals surface area contributed by atoms with Crippen molar-refractivity contribution in [2.24, 2.45) is 5.73 Å². The second-order valence-electron chi connectivity index (χ2n) is 13.9. The molecule has 0 radical (unpaired) electrons. The van der Waals surface area contributed by atoms with Gasteiger partial charge in [0.05, 0.1) is 29.8 Å². The summed E-state index contributed by atoms with van der Waals surface area (Å²) in [4.78, 5) is 64.9. The Hall–Kier alpha value is -3.56. The van der Waals surface area contributed by atoms with Crippen molar-refractivity contribution in [3.05, 3.63) is 45.1 Å². The average Bonchev–Trinajstić information content (AvgIpc) is 3.82. The van der Waals surface area contributed by atoms with E-state index in [1.165, 1.54) is 93.9 Å². The summed E-state index contributed by atoms with van der Waals surface area (Å²) < 4.78 is 14.8. The van der Waals surface area contributed by atoms with E-state index in [9.17, 15) is 29.1 Å². The van der Waals surface area contributed by atoms with Crippen molar-refractivity contribution in [2.75, 3.05) is 25.4 Å². The van der Waals surface area contributed by atoms with Gasteiger partial charge in [-0.05, 0) is 82.8 Å². The van der Waals surface area contributed by atoms with Gasteiger partial charge in [0, 0.05) is 31.0 Å². The number of carboxylic acid groups (broad SMARTS) is 1. The van der Waals surface area contributed by atoms with Crippen molar-refractivity contribution in [2.45, 2.75) is 120 Å². The molecule has 6 aliphatic rings. The van der Waals surface area contributed by atoms with E-state index in [4.69, 9.17) is 19.3 Å². The number of carboxylic acids is 1. The number of aliphatic carboxylic acids is 1. The van der Waals surface area contributed by atoms with Crippen LogP contribution in [0.4, 0.5) is 4.79 Å². The van der Waals surface area contributed by atoms with Crippen molar-refractivity contribution >= 4 is 35.6 Å². The summed E-state index contributed by atoms with van der Waals surface area (Å²) in [5.74, 6) is -2.41. The number of nitrogens with two attached hydrogens (primary N) is 2. The van der Waals surface area contributed by atoms with E-state index < -0.39 is 35.2 Å². The third kappa shape index (κ3) is 7.93. The molecule has 15 heteroatoms. The van der Waals surface area contributed by atoms with Crippen molar-refractivity contribution in [3.8, 4) is 0 Å². The molecule has 3 atom stereocenters. The fourth-order valence-corrected chi connectivity index (χ4v) is 9.14. The monoisotopic (exact) mass is 701 g/mol. The van der Waals surface area contributed by atoms with Crippen LogP contribution in [-0.2, 0) is 25.7 Å². The zero-order valence-electron chi connectivity index (χ0n) is 28.1. The molecular formula is C34H47N5O9S. The van der Waals surface area contributed by atoms with Crippen LogP contribution in [0.15, 0.2) is 36.5 Å². The van der Waals surface area contributed by atoms with Crippen LogP contribution in [0.1, 0.15) is 88.6 Å². The number of aryl methyl sites for hydroxylation is 1. The minimum absolute atomic E-state index is 0.132. The van der Waals surface area contributed by atoms with E-state index in [0.717, 1.165) is 17.0 Å². The van der Waals surface area contributed by atoms with Crippen molar-refractivity contribution < 1.29 is 43.2 Å². The summed E-state index contributed by atoms with van der Waals surface area (Å²) in [7, 11) is 0. The van der Waals surface area contributed by atoms with Gasteiger partial charge in [0.2, 0.25) is 11.8 Å². The van der Waals surface area contributed by atoms with Gasteiger partial charge in [0.15, 0.2) is 18.1 Å². The van der Waals surface area contributed by atoms with Crippen molar-refractivity contribution in [3.63, 3.8) is 0 Å². The maximum absolute atomic E-state index is 13.1. The molecule has 2 aliphatic carbocycles. The minimum Gasteiger partial charge on any atom is -0.543 e. The molecule has 14 nitrogen and oxygen atoms in total. The van der Waals surface area contributed by atoms with Crippen LogP contribution in [0.25, 0.3) is 0 Å². The summed E-state index contributed by atoms with van der Waals surface area (Å²) in [6.07, 6.45) is 16.9. The molecule has 5 heterocycles. The fourth-order valence-electron chi connectivity index (χ4n) is 7.89. The van der Waals surface area contributed by atoms with Gasteiger partial charge >= 0.3 is 11.9 Å². The molecule has 49 heavy (non-hydrogen) atoms. The van der Waals surface area contributed by atoms with Crippen LogP contribution >= 0.6 is 11.8 Å². The molecule has 3 amide bonds. The highest BCUT2D eigenvalue weighted by atomic mass is 32.2. The number of hydrogen-bond donors (Lipinski definition) is 2. The van der Waals surface area contributed by atoms with E-state index in [1.54, 1.807) is 4.90 Å². The molecule has 3 saturated heterocycles. The van der Waals surface area contributed by atoms with Gasteiger partial charge in [-0.3, -0.25) is 14.5 Å². The number of β-lactam (4-membered cyclic amide) rings is 1. The zero-order valence-corrected chi connectivity index (χ0v) is 28.9. The Balaban J connectivity index is 0.000000267. The summed E-state index contributed by atoms with van der Waals surface area (Å²) >= 11 is 1.35. The van der Waals surface area contributed by atoms with Gasteiger partial charge in [-0.25, -0.2) is 9.59 Å². The lowest BCUT2D eigenvalue weighted by atomic mass is 9.91. The maximum Gasteiger partial charge on any atom is 0.519 e. The summed E-state index contributed by atoms with van der Waals surface area (Å²) in [6, 6.07) is 1.02. The molecule has 1 aromatic rings. The number of likely N-dealkylation sites (tertiary alicyclic amines) is 2. The first-order valence-corrected chi connectivity index (χ1v) is 18.7. The van der Waals surface area contributed by atoms with E-state index in [0.29, 0.717) is 42.8 Å². The molecule has 0 bridgehead atoms. The lowest BCUT2D eigenvalue weighted by Gasteiger charge is -2.49. The number of carbonyl (C=O) groups excluding carboxylic acids is 4. The second-order valence-corrected chi connectivity index (χ2v) is 15.0. The van der Waals surface area contributed by atoms with Gasteiger partial charge in [-0.15, -0.1) is 11.8 Å². The molecular weight excluding hydrogens is 654 g/mol. The molecule has 268 valence electrons. The topological polar surface area (TPSA) is 196 Å². The molecule has 0 aromatic carbocycles. The van der Waals surface area contributed by atoms with Gasteiger partial charge in [-0.1, -0.05) is 12.8 Å². The Kier molecular flexibility index (Phi) is 11.2. The molecule has 0 unspecified atom stereocenters. The number of ether oxygens (including phenoxy) is 1. The number of allylic oxidation sites excluding steroid dienone is 1. The van der Waals surface area contributed by atoms with Crippen LogP contribution in [0.2, 0.25) is 0 Å². The maximum atomic E-state index is 13.1. The Labute approximate surface area is 289 Å². The summed E-state index contributed by atoms with van der Waals surface area (Å²) in [5, 5.41) is 14.1. The van der Waals surface area contributed by atoms with Gasteiger partial charge < -0.3 is 44.3 Å². The zero-order chi connectivity index (χ0) is 34.7. The van der Waals surface area contributed by atoms with E-state index in [1.807, 2.05) is 0 Å². The van der Waals surface area contributed by atoms with Crippen molar-refractivity contribution in [1.82, 2.24) is 14.7 Å². The van der Waals surface area contributed by atoms with Gasteiger partial charge in [0.25, 0.3) is 0 Å². The summed E-state index contributed by atoms with van der Waals surface area (Å²) in [5.41, 5.74) is 6.31. The van der Waals surface area contributed by atoms with E-state index >= 15 is 0 Å². The van der Waals surface area contributed by atoms with Crippen LogP contribution < -0.4 is 22.0 Å². The van der Waals surface area contributed by atoms with Crippen LogP contribution in [0.5, 0.6) is 0 Å². The van der Waals surface area contributed by atoms with E-state index in [2.05, 4.69) is 5.32 Å². The lowest BCUT2D eigenvalue weighted by Crippen LogP contribution is -2.95. The second kappa shape index (κ2) is 15.5. The first-order valence-electron chi connectivity index (χ1n) is 17.6. The number of quaternary nitrogens is 1. The quantitative estimate of drug-likeness (QED) is 0.302. The Morgan fingerprint density at radius 2 is 1.67 bits per heavy atom. The molecule has 7 rings (SSSR count). The molecule has 2 saturated carbocycles. The number of nitrogens with zero attached hydrogens (tertiary/aromatic N) is 3. The molecule has 5 fully saturated rings. The molecule has 0 spiro atoms. The highest BCUT2D eigenvalue weighted by Gasteiger charge is 2.50. The third-order valence-electron chi connectivity index (χ3n) is 10.6. The largest absolute Gasteiger partial charge is 0.543 e. The minimum atomic E-state index is -1.48. The van der Waals surface area contributed by atoms with Gasteiger partial charge in [-0.2, -0.15) is 0 Å². The van der Waals surface area contributed by atoms with Gasteiger partial charge in [0.1, 0.15) is 11.4 Å². The van der Waals surface area contributed by atoms with Crippen LogP contribution in [0, 0.1) is 6.92 Å². The third-order valence-corrected chi connectivity index (χ3v) is 11.9. The number of carbonyl (C=O) groups is 4. The Morgan fingerprint density at radius 3 is 2.29 bits per heavy atom. The Bertz CT molecular complexity index is 1520. The summed E-state index contributed by atoms with van der Waals surface area (Å²) in [6.45, 7) is 2.37. The molecule has 1 aromatic heterocycles. The lowest BCUT2D eigenvalue weighted by molar-refractivity contribution is -0.725. The highest BCUT2D eigenvalue weighted by Crippen LogP contribution is 2.40.